The Morgan fingerprint density at radius 3 is 2.26 bits per heavy atom. The van der Waals surface area contributed by atoms with Crippen LogP contribution in [-0.2, 0) is 25.4 Å². The lowest BCUT2D eigenvalue weighted by Crippen LogP contribution is -2.68. The number of ether oxygens (including phenoxy) is 4. The predicted molar refractivity (Wildman–Crippen MR) is 134 cm³/mol. The van der Waals surface area contributed by atoms with Crippen molar-refractivity contribution in [2.45, 2.75) is 86.3 Å². The van der Waals surface area contributed by atoms with Gasteiger partial charge in [0.05, 0.1) is 31.5 Å². The van der Waals surface area contributed by atoms with Gasteiger partial charge in [-0.25, -0.2) is 0 Å². The quantitative estimate of drug-likeness (QED) is 0.150. The normalized spacial score (nSPS) is 42.7. The number of hydrogen-bond donors (Lipinski definition) is 8. The Labute approximate surface area is 222 Å². The topological polar surface area (TPSA) is 219 Å². The highest BCUT2D eigenvalue weighted by molar-refractivity contribution is 5.15. The molecule has 0 aromatic heterocycles. The van der Waals surface area contributed by atoms with Crippen LogP contribution in [0.3, 0.4) is 0 Å². The minimum atomic E-state index is -1.41. The first-order valence-electron chi connectivity index (χ1n) is 13.1. The summed E-state index contributed by atoms with van der Waals surface area (Å²) in [5.41, 5.74) is 19.7. The van der Waals surface area contributed by atoms with Crippen LogP contribution in [0.1, 0.15) is 12.0 Å². The van der Waals surface area contributed by atoms with Crippen molar-refractivity contribution >= 4 is 0 Å². The lowest BCUT2D eigenvalue weighted by Gasteiger charge is -2.48. The molecule has 11 N–H and O–H groups in total. The number of morpholine rings is 1. The first kappa shape index (κ1) is 29.7. The molecular formula is C25H42N4O9. The summed E-state index contributed by atoms with van der Waals surface area (Å²) >= 11 is 0. The van der Waals surface area contributed by atoms with E-state index in [-0.39, 0.29) is 13.0 Å². The largest absolute Gasteiger partial charge is 0.394 e. The molecule has 0 radical (unpaired) electrons. The monoisotopic (exact) mass is 542 g/mol. The summed E-state index contributed by atoms with van der Waals surface area (Å²) in [6, 6.07) is 7.51. The zero-order valence-corrected chi connectivity index (χ0v) is 21.3. The molecule has 38 heavy (non-hydrogen) atoms. The lowest BCUT2D eigenvalue weighted by atomic mass is 9.84. The van der Waals surface area contributed by atoms with Gasteiger partial charge in [0, 0.05) is 31.7 Å². The average Bonchev–Trinajstić information content (AvgIpc) is 2.92. The molecule has 2 saturated heterocycles. The highest BCUT2D eigenvalue weighted by Gasteiger charge is 2.50. The molecule has 1 aliphatic carbocycles. The first-order valence-corrected chi connectivity index (χ1v) is 13.1. The molecule has 3 aliphatic rings. The van der Waals surface area contributed by atoms with Crippen LogP contribution in [-0.4, -0.2) is 137 Å². The number of nitrogens with zero attached hydrogens (tertiary/aromatic N) is 1. The highest BCUT2D eigenvalue weighted by Crippen LogP contribution is 2.30. The molecule has 0 amide bonds. The SMILES string of the molecule is N[C@H]1[C@@H](O[C@H]2[C@H](OC3CN(CCc4ccccc4)CC(CO)O3)[C@@H](O)[C@H](N)C[C@@H]2N)O[C@H](CO)[C@@H](O)[C@@H]1O. The Kier molecular flexibility index (Phi) is 10.4. The van der Waals surface area contributed by atoms with Crippen LogP contribution in [0.25, 0.3) is 0 Å². The van der Waals surface area contributed by atoms with Crippen LogP contribution in [0.4, 0.5) is 0 Å². The Balaban J connectivity index is 1.46. The van der Waals surface area contributed by atoms with Gasteiger partial charge in [0.15, 0.2) is 12.6 Å². The van der Waals surface area contributed by atoms with Crippen molar-refractivity contribution in [2.24, 2.45) is 17.2 Å². The molecule has 0 bridgehead atoms. The maximum absolute atomic E-state index is 11.0. The van der Waals surface area contributed by atoms with E-state index in [0.29, 0.717) is 19.6 Å². The van der Waals surface area contributed by atoms with Crippen molar-refractivity contribution in [3.05, 3.63) is 35.9 Å². The van der Waals surface area contributed by atoms with Crippen LogP contribution in [0, 0.1) is 0 Å². The van der Waals surface area contributed by atoms with E-state index in [1.807, 2.05) is 18.2 Å². The third-order valence-electron chi connectivity index (χ3n) is 7.57. The molecule has 2 heterocycles. The van der Waals surface area contributed by atoms with Crippen LogP contribution < -0.4 is 17.2 Å². The molecule has 1 aromatic rings. The summed E-state index contributed by atoms with van der Waals surface area (Å²) < 4.78 is 23.8. The standard InChI is InChI=1S/C25H42N4O9/c26-15-8-16(27)23(38-25-19(28)22(34)21(33)17(12-31)36-25)24(20(15)32)37-18-10-29(9-14(11-30)35-18)7-6-13-4-2-1-3-5-13/h1-5,14-25,30-34H,6-12,26-28H2/t14?,15-,16+,17-,18?,19-,20+,21-,22-,23-,24-,25-/m1/s1. The average molecular weight is 543 g/mol. The van der Waals surface area contributed by atoms with E-state index >= 15 is 0 Å². The molecule has 12 atom stereocenters. The van der Waals surface area contributed by atoms with Gasteiger partial charge in [-0.15, -0.1) is 0 Å². The van der Waals surface area contributed by atoms with Gasteiger partial charge in [-0.1, -0.05) is 30.3 Å². The van der Waals surface area contributed by atoms with E-state index in [4.69, 9.17) is 36.1 Å². The second-order valence-corrected chi connectivity index (χ2v) is 10.4. The maximum atomic E-state index is 11.0. The second kappa shape index (κ2) is 13.4. The van der Waals surface area contributed by atoms with Gasteiger partial charge >= 0.3 is 0 Å². The van der Waals surface area contributed by atoms with E-state index in [9.17, 15) is 25.5 Å². The molecule has 13 heteroatoms. The Hall–Kier alpha value is -1.30. The minimum Gasteiger partial charge on any atom is -0.394 e. The summed E-state index contributed by atoms with van der Waals surface area (Å²) in [5.74, 6) is 0. The zero-order chi connectivity index (χ0) is 27.4. The molecule has 3 fully saturated rings. The van der Waals surface area contributed by atoms with Crippen molar-refractivity contribution in [3.63, 3.8) is 0 Å². The van der Waals surface area contributed by atoms with E-state index in [2.05, 4.69) is 17.0 Å². The van der Waals surface area contributed by atoms with Gasteiger partial charge < -0.3 is 61.7 Å². The fourth-order valence-corrected chi connectivity index (χ4v) is 5.33. The fraction of sp³-hybridized carbons (Fsp3) is 0.760. The summed E-state index contributed by atoms with van der Waals surface area (Å²) in [6.45, 7) is 0.834. The first-order chi connectivity index (χ1) is 18.2. The lowest BCUT2D eigenvalue weighted by molar-refractivity contribution is -0.316. The summed E-state index contributed by atoms with van der Waals surface area (Å²) in [5, 5.41) is 50.8. The Bertz CT molecular complexity index is 855. The van der Waals surface area contributed by atoms with Gasteiger partial charge in [-0.3, -0.25) is 4.90 Å². The fourth-order valence-electron chi connectivity index (χ4n) is 5.33. The summed E-state index contributed by atoms with van der Waals surface area (Å²) in [7, 11) is 0. The number of nitrogens with two attached hydrogens (primary N) is 3. The molecule has 2 unspecified atom stereocenters. The van der Waals surface area contributed by atoms with E-state index in [0.717, 1.165) is 6.42 Å². The second-order valence-electron chi connectivity index (χ2n) is 10.4. The smallest absolute Gasteiger partial charge is 0.176 e. The molecule has 216 valence electrons. The number of hydrogen-bond acceptors (Lipinski definition) is 13. The van der Waals surface area contributed by atoms with E-state index in [1.54, 1.807) is 0 Å². The maximum Gasteiger partial charge on any atom is 0.176 e. The molecule has 0 spiro atoms. The van der Waals surface area contributed by atoms with Crippen molar-refractivity contribution in [1.29, 1.82) is 0 Å². The zero-order valence-electron chi connectivity index (χ0n) is 21.3. The number of rotatable bonds is 9. The number of aliphatic hydroxyl groups is 5. The van der Waals surface area contributed by atoms with E-state index in [1.165, 1.54) is 5.56 Å². The van der Waals surface area contributed by atoms with Gasteiger partial charge in [-0.05, 0) is 18.4 Å². The molecule has 4 rings (SSSR count). The van der Waals surface area contributed by atoms with Gasteiger partial charge in [0.1, 0.15) is 30.5 Å². The minimum absolute atomic E-state index is 0.207. The third kappa shape index (κ3) is 6.88. The van der Waals surface area contributed by atoms with Gasteiger partial charge in [0.25, 0.3) is 0 Å². The summed E-state index contributed by atoms with van der Waals surface area (Å²) in [4.78, 5) is 2.12. The molecule has 2 aliphatic heterocycles. The number of aliphatic hydroxyl groups excluding tert-OH is 5. The summed E-state index contributed by atoms with van der Waals surface area (Å²) in [6.07, 6.45) is -8.64. The van der Waals surface area contributed by atoms with Crippen LogP contribution in [0.2, 0.25) is 0 Å². The third-order valence-corrected chi connectivity index (χ3v) is 7.57. The molecular weight excluding hydrogens is 500 g/mol. The van der Waals surface area contributed by atoms with Crippen molar-refractivity contribution in [3.8, 4) is 0 Å². The van der Waals surface area contributed by atoms with Crippen molar-refractivity contribution < 1.29 is 44.5 Å². The Morgan fingerprint density at radius 2 is 1.58 bits per heavy atom. The molecule has 1 aromatic carbocycles. The molecule has 1 saturated carbocycles. The predicted octanol–water partition coefficient (Wildman–Crippen LogP) is -3.80. The highest BCUT2D eigenvalue weighted by atomic mass is 16.7. The molecule has 13 nitrogen and oxygen atoms in total. The van der Waals surface area contributed by atoms with Crippen molar-refractivity contribution in [2.75, 3.05) is 32.8 Å². The van der Waals surface area contributed by atoms with E-state index < -0.39 is 80.0 Å². The van der Waals surface area contributed by atoms with Crippen LogP contribution in [0.15, 0.2) is 30.3 Å². The van der Waals surface area contributed by atoms with Crippen molar-refractivity contribution in [1.82, 2.24) is 4.90 Å². The van der Waals surface area contributed by atoms with Gasteiger partial charge in [-0.2, -0.15) is 0 Å². The van der Waals surface area contributed by atoms with Gasteiger partial charge in [0.2, 0.25) is 0 Å². The van der Waals surface area contributed by atoms with Crippen LogP contribution in [0.5, 0.6) is 0 Å². The number of benzene rings is 1. The van der Waals surface area contributed by atoms with Crippen LogP contribution >= 0.6 is 0 Å². The Morgan fingerprint density at radius 1 is 0.842 bits per heavy atom.